The third-order valence-corrected chi connectivity index (χ3v) is 3.39. The number of benzene rings is 1. The standard InChI is InChI=1S/C13H11BrFNO2/c1-18-10-6-3-7-16-12(10)13(17)8-4-2-5-9(15)11(8)14/h2-7,13,17H,1H3. The zero-order chi connectivity index (χ0) is 13.1. The topological polar surface area (TPSA) is 42.4 Å². The second-order valence-electron chi connectivity index (χ2n) is 3.64. The van der Waals surface area contributed by atoms with E-state index in [-0.39, 0.29) is 4.47 Å². The van der Waals surface area contributed by atoms with Crippen LogP contribution >= 0.6 is 15.9 Å². The molecule has 1 atom stereocenters. The minimum atomic E-state index is -1.05. The molecule has 18 heavy (non-hydrogen) atoms. The van der Waals surface area contributed by atoms with E-state index in [9.17, 15) is 9.50 Å². The third-order valence-electron chi connectivity index (χ3n) is 2.55. The Kier molecular flexibility index (Phi) is 3.93. The predicted octanol–water partition coefficient (Wildman–Crippen LogP) is 3.07. The highest BCUT2D eigenvalue weighted by Crippen LogP contribution is 2.33. The molecule has 1 heterocycles. The Balaban J connectivity index is 2.48. The van der Waals surface area contributed by atoms with E-state index in [0.717, 1.165) is 0 Å². The lowest BCUT2D eigenvalue weighted by Crippen LogP contribution is -2.06. The minimum Gasteiger partial charge on any atom is -0.495 e. The van der Waals surface area contributed by atoms with E-state index in [1.807, 2.05) is 0 Å². The highest BCUT2D eigenvalue weighted by molar-refractivity contribution is 9.10. The van der Waals surface area contributed by atoms with Gasteiger partial charge in [-0.05, 0) is 34.1 Å². The average molecular weight is 312 g/mol. The zero-order valence-electron chi connectivity index (χ0n) is 9.60. The van der Waals surface area contributed by atoms with Crippen molar-refractivity contribution in [2.45, 2.75) is 6.10 Å². The maximum atomic E-state index is 13.4. The Labute approximate surface area is 112 Å². The molecule has 0 aliphatic heterocycles. The summed E-state index contributed by atoms with van der Waals surface area (Å²) < 4.78 is 18.8. The first kappa shape index (κ1) is 13.0. The molecular formula is C13H11BrFNO2. The number of hydrogen-bond acceptors (Lipinski definition) is 3. The summed E-state index contributed by atoms with van der Waals surface area (Å²) in [5, 5.41) is 10.3. The van der Waals surface area contributed by atoms with Gasteiger partial charge < -0.3 is 9.84 Å². The summed E-state index contributed by atoms with van der Waals surface area (Å²) in [4.78, 5) is 4.08. The fourth-order valence-electron chi connectivity index (χ4n) is 1.66. The Bertz CT molecular complexity index is 562. The number of methoxy groups -OCH3 is 1. The number of aliphatic hydroxyl groups is 1. The molecule has 1 aromatic carbocycles. The Hall–Kier alpha value is -1.46. The maximum absolute atomic E-state index is 13.4. The van der Waals surface area contributed by atoms with Crippen molar-refractivity contribution in [1.29, 1.82) is 0 Å². The second kappa shape index (κ2) is 5.46. The van der Waals surface area contributed by atoms with Crippen LogP contribution in [0.1, 0.15) is 17.4 Å². The summed E-state index contributed by atoms with van der Waals surface area (Å²) in [5.74, 6) is 0.0302. The van der Waals surface area contributed by atoms with Crippen LogP contribution in [0.4, 0.5) is 4.39 Å². The van der Waals surface area contributed by atoms with Crippen molar-refractivity contribution in [2.75, 3.05) is 7.11 Å². The molecule has 1 N–H and O–H groups in total. The molecule has 0 aliphatic carbocycles. The molecule has 0 bridgehead atoms. The van der Waals surface area contributed by atoms with Crippen molar-refractivity contribution >= 4 is 15.9 Å². The third kappa shape index (κ3) is 2.37. The normalized spacial score (nSPS) is 12.2. The van der Waals surface area contributed by atoms with Crippen molar-refractivity contribution in [2.24, 2.45) is 0 Å². The molecule has 5 heteroatoms. The largest absolute Gasteiger partial charge is 0.495 e. The van der Waals surface area contributed by atoms with Crippen LogP contribution in [0.2, 0.25) is 0 Å². The van der Waals surface area contributed by atoms with E-state index in [0.29, 0.717) is 17.0 Å². The van der Waals surface area contributed by atoms with Gasteiger partial charge in [-0.1, -0.05) is 12.1 Å². The van der Waals surface area contributed by atoms with Gasteiger partial charge in [0.05, 0.1) is 11.6 Å². The number of halogens is 2. The zero-order valence-corrected chi connectivity index (χ0v) is 11.2. The summed E-state index contributed by atoms with van der Waals surface area (Å²) in [6, 6.07) is 7.88. The number of rotatable bonds is 3. The first-order valence-electron chi connectivity index (χ1n) is 5.26. The van der Waals surface area contributed by atoms with Gasteiger partial charge in [-0.2, -0.15) is 0 Å². The highest BCUT2D eigenvalue weighted by Gasteiger charge is 2.20. The Morgan fingerprint density at radius 3 is 2.83 bits per heavy atom. The molecule has 94 valence electrons. The quantitative estimate of drug-likeness (QED) is 0.947. The van der Waals surface area contributed by atoms with Crippen LogP contribution in [-0.4, -0.2) is 17.2 Å². The summed E-state index contributed by atoms with van der Waals surface area (Å²) >= 11 is 3.12. The molecule has 0 saturated carbocycles. The summed E-state index contributed by atoms with van der Waals surface area (Å²) in [6.45, 7) is 0. The van der Waals surface area contributed by atoms with Crippen molar-refractivity contribution in [3.63, 3.8) is 0 Å². The van der Waals surface area contributed by atoms with Crippen molar-refractivity contribution in [3.8, 4) is 5.75 Å². The van der Waals surface area contributed by atoms with Crippen molar-refractivity contribution < 1.29 is 14.2 Å². The highest BCUT2D eigenvalue weighted by atomic mass is 79.9. The first-order valence-corrected chi connectivity index (χ1v) is 6.05. The van der Waals surface area contributed by atoms with Gasteiger partial charge in [-0.25, -0.2) is 4.39 Å². The maximum Gasteiger partial charge on any atom is 0.143 e. The van der Waals surface area contributed by atoms with E-state index in [1.165, 1.54) is 19.2 Å². The van der Waals surface area contributed by atoms with Crippen LogP contribution < -0.4 is 4.74 Å². The van der Waals surface area contributed by atoms with Crippen molar-refractivity contribution in [1.82, 2.24) is 4.98 Å². The lowest BCUT2D eigenvalue weighted by molar-refractivity contribution is 0.208. The van der Waals surface area contributed by atoms with Gasteiger partial charge in [0.25, 0.3) is 0 Å². The van der Waals surface area contributed by atoms with Crippen LogP contribution in [0.5, 0.6) is 5.75 Å². The summed E-state index contributed by atoms with van der Waals surface area (Å²) in [7, 11) is 1.49. The molecule has 0 aliphatic rings. The fourth-order valence-corrected chi connectivity index (χ4v) is 2.14. The lowest BCUT2D eigenvalue weighted by atomic mass is 10.1. The lowest BCUT2D eigenvalue weighted by Gasteiger charge is -2.15. The Morgan fingerprint density at radius 2 is 2.11 bits per heavy atom. The van der Waals surface area contributed by atoms with Gasteiger partial charge >= 0.3 is 0 Å². The van der Waals surface area contributed by atoms with E-state index < -0.39 is 11.9 Å². The molecule has 2 rings (SSSR count). The van der Waals surface area contributed by atoms with Crippen LogP contribution in [0, 0.1) is 5.82 Å². The number of hydrogen-bond donors (Lipinski definition) is 1. The molecule has 0 spiro atoms. The number of aromatic nitrogens is 1. The SMILES string of the molecule is COc1cccnc1C(O)c1cccc(F)c1Br. The summed E-state index contributed by atoms with van der Waals surface area (Å²) in [5.41, 5.74) is 0.762. The number of pyridine rings is 1. The number of nitrogens with zero attached hydrogens (tertiary/aromatic N) is 1. The average Bonchev–Trinajstić information content (AvgIpc) is 2.41. The van der Waals surface area contributed by atoms with E-state index in [4.69, 9.17) is 4.74 Å². The van der Waals surface area contributed by atoms with Crippen LogP contribution in [0.3, 0.4) is 0 Å². The smallest absolute Gasteiger partial charge is 0.143 e. The van der Waals surface area contributed by atoms with Crippen molar-refractivity contribution in [3.05, 3.63) is 58.1 Å². The number of ether oxygens (including phenoxy) is 1. The van der Waals surface area contributed by atoms with Gasteiger partial charge in [0.1, 0.15) is 23.4 Å². The van der Waals surface area contributed by atoms with E-state index in [1.54, 1.807) is 24.4 Å². The monoisotopic (exact) mass is 311 g/mol. The Morgan fingerprint density at radius 1 is 1.33 bits per heavy atom. The van der Waals surface area contributed by atoms with E-state index in [2.05, 4.69) is 20.9 Å². The fraction of sp³-hybridized carbons (Fsp3) is 0.154. The van der Waals surface area contributed by atoms with E-state index >= 15 is 0 Å². The minimum absolute atomic E-state index is 0.227. The molecule has 1 aromatic heterocycles. The van der Waals surface area contributed by atoms with Gasteiger partial charge in [-0.15, -0.1) is 0 Å². The second-order valence-corrected chi connectivity index (χ2v) is 4.43. The van der Waals surface area contributed by atoms with Gasteiger partial charge in [0.2, 0.25) is 0 Å². The predicted molar refractivity (Wildman–Crippen MR) is 69.0 cm³/mol. The van der Waals surface area contributed by atoms with Crippen LogP contribution in [-0.2, 0) is 0 Å². The van der Waals surface area contributed by atoms with Gasteiger partial charge in [-0.3, -0.25) is 4.98 Å². The molecular weight excluding hydrogens is 301 g/mol. The van der Waals surface area contributed by atoms with Gasteiger partial charge in [0, 0.05) is 11.8 Å². The van der Waals surface area contributed by atoms with Gasteiger partial charge in [0.15, 0.2) is 0 Å². The molecule has 0 radical (unpaired) electrons. The molecule has 0 amide bonds. The molecule has 3 nitrogen and oxygen atoms in total. The summed E-state index contributed by atoms with van der Waals surface area (Å²) in [6.07, 6.45) is 0.500. The molecule has 0 saturated heterocycles. The van der Waals surface area contributed by atoms with Crippen LogP contribution in [0.15, 0.2) is 41.0 Å². The number of aliphatic hydroxyl groups excluding tert-OH is 1. The molecule has 2 aromatic rings. The molecule has 1 unspecified atom stereocenters. The molecule has 0 fully saturated rings. The first-order chi connectivity index (χ1) is 8.65. The van der Waals surface area contributed by atoms with Crippen LogP contribution in [0.25, 0.3) is 0 Å².